The van der Waals surface area contributed by atoms with Crippen molar-refractivity contribution in [3.63, 3.8) is 0 Å². The molecule has 0 radical (unpaired) electrons. The number of imidazole rings is 1. The lowest BCUT2D eigenvalue weighted by Crippen LogP contribution is -2.08. The summed E-state index contributed by atoms with van der Waals surface area (Å²) in [6.07, 6.45) is 5.52. The normalized spacial score (nSPS) is 12.1. The van der Waals surface area contributed by atoms with Gasteiger partial charge in [-0.2, -0.15) is 5.10 Å². The highest BCUT2D eigenvalue weighted by Crippen LogP contribution is 2.40. The van der Waals surface area contributed by atoms with Crippen LogP contribution in [0.4, 0.5) is 4.39 Å². The molecule has 0 amide bonds. The van der Waals surface area contributed by atoms with Gasteiger partial charge in [-0.25, -0.2) is 9.37 Å². The molecule has 0 N–H and O–H groups in total. The molecule has 0 aliphatic rings. The van der Waals surface area contributed by atoms with Gasteiger partial charge in [-0.15, -0.1) is 0 Å². The van der Waals surface area contributed by atoms with Crippen LogP contribution in [-0.4, -0.2) is 26.4 Å². The van der Waals surface area contributed by atoms with Gasteiger partial charge in [-0.1, -0.05) is 36.4 Å². The molecule has 6 heteroatoms. The number of hydrogen-bond acceptors (Lipinski definition) is 3. The predicted molar refractivity (Wildman–Crippen MR) is 107 cm³/mol. The monoisotopic (exact) mass is 376 g/mol. The van der Waals surface area contributed by atoms with Crippen LogP contribution in [0.2, 0.25) is 0 Å². The van der Waals surface area contributed by atoms with E-state index in [1.54, 1.807) is 30.3 Å². The first-order chi connectivity index (χ1) is 13.6. The number of aromatic nitrogens is 4. The quantitative estimate of drug-likeness (QED) is 0.507. The molecule has 2 heterocycles. The molecular weight excluding hydrogens is 355 g/mol. The third-order valence-corrected chi connectivity index (χ3v) is 4.90. The molecule has 0 fully saturated rings. The van der Waals surface area contributed by atoms with E-state index in [-0.39, 0.29) is 11.9 Å². The van der Waals surface area contributed by atoms with Crippen molar-refractivity contribution in [3.8, 4) is 28.3 Å². The Balaban J connectivity index is 1.98. The number of ether oxygens (including phenoxy) is 1. The van der Waals surface area contributed by atoms with Crippen molar-refractivity contribution in [2.45, 2.75) is 13.0 Å². The molecule has 142 valence electrons. The highest BCUT2D eigenvalue weighted by Gasteiger charge is 2.24. The molecule has 2 aromatic carbocycles. The van der Waals surface area contributed by atoms with E-state index in [2.05, 4.69) is 10.1 Å². The molecule has 0 bridgehead atoms. The standard InChI is InChI=1S/C22H21FN4O/c1-15(17-12-25-26(2)13-17)27-14-24-21(16-8-5-4-6-9-16)22(27)20-18(23)10-7-11-19(20)28-3/h4-15H,1-3H3. The fourth-order valence-corrected chi connectivity index (χ4v) is 3.43. The maximum atomic E-state index is 15.0. The van der Waals surface area contributed by atoms with Crippen molar-refractivity contribution in [2.24, 2.45) is 7.05 Å². The van der Waals surface area contributed by atoms with Crippen LogP contribution in [0.3, 0.4) is 0 Å². The number of hydrogen-bond donors (Lipinski definition) is 0. The Morgan fingerprint density at radius 2 is 1.86 bits per heavy atom. The van der Waals surface area contributed by atoms with Gasteiger partial charge in [0.25, 0.3) is 0 Å². The molecule has 0 saturated carbocycles. The second kappa shape index (κ2) is 7.31. The summed E-state index contributed by atoms with van der Waals surface area (Å²) in [5.74, 6) is 0.119. The van der Waals surface area contributed by atoms with E-state index in [9.17, 15) is 0 Å². The average molecular weight is 376 g/mol. The van der Waals surface area contributed by atoms with Gasteiger partial charge in [0.05, 0.1) is 42.6 Å². The maximum absolute atomic E-state index is 15.0. The van der Waals surface area contributed by atoms with Crippen LogP contribution in [0.15, 0.2) is 67.3 Å². The van der Waals surface area contributed by atoms with Crippen molar-refractivity contribution in [1.82, 2.24) is 19.3 Å². The maximum Gasteiger partial charge on any atom is 0.136 e. The van der Waals surface area contributed by atoms with E-state index >= 15 is 4.39 Å². The number of benzene rings is 2. The van der Waals surface area contributed by atoms with E-state index in [4.69, 9.17) is 4.74 Å². The second-order valence-corrected chi connectivity index (χ2v) is 6.66. The summed E-state index contributed by atoms with van der Waals surface area (Å²) in [5.41, 5.74) is 3.71. The van der Waals surface area contributed by atoms with Crippen molar-refractivity contribution in [1.29, 1.82) is 0 Å². The average Bonchev–Trinajstić information content (AvgIpc) is 3.34. The Kier molecular flexibility index (Phi) is 4.69. The van der Waals surface area contributed by atoms with E-state index < -0.39 is 0 Å². The molecule has 4 rings (SSSR count). The van der Waals surface area contributed by atoms with Gasteiger partial charge in [0.2, 0.25) is 0 Å². The Labute approximate surface area is 163 Å². The molecular formula is C22H21FN4O. The van der Waals surface area contributed by atoms with Crippen molar-refractivity contribution >= 4 is 0 Å². The predicted octanol–water partition coefficient (Wildman–Crippen LogP) is 4.71. The lowest BCUT2D eigenvalue weighted by atomic mass is 10.0. The van der Waals surface area contributed by atoms with Crippen molar-refractivity contribution in [2.75, 3.05) is 7.11 Å². The van der Waals surface area contributed by atoms with E-state index in [1.807, 2.05) is 61.3 Å². The van der Waals surface area contributed by atoms with E-state index in [0.29, 0.717) is 22.7 Å². The van der Waals surface area contributed by atoms with Gasteiger partial charge in [-0.3, -0.25) is 4.68 Å². The summed E-state index contributed by atoms with van der Waals surface area (Å²) >= 11 is 0. The van der Waals surface area contributed by atoms with Crippen molar-refractivity contribution in [3.05, 3.63) is 78.6 Å². The Morgan fingerprint density at radius 1 is 1.07 bits per heavy atom. The SMILES string of the molecule is COc1cccc(F)c1-c1c(-c2ccccc2)ncn1C(C)c1cnn(C)c1. The smallest absolute Gasteiger partial charge is 0.136 e. The summed E-state index contributed by atoms with van der Waals surface area (Å²) < 4.78 is 24.2. The van der Waals surface area contributed by atoms with Crippen LogP contribution in [0.1, 0.15) is 18.5 Å². The van der Waals surface area contributed by atoms with Gasteiger partial charge in [0.15, 0.2) is 0 Å². The first kappa shape index (κ1) is 18.0. The lowest BCUT2D eigenvalue weighted by molar-refractivity contribution is 0.413. The van der Waals surface area contributed by atoms with Crippen LogP contribution >= 0.6 is 0 Å². The first-order valence-electron chi connectivity index (χ1n) is 9.03. The van der Waals surface area contributed by atoms with Crippen molar-refractivity contribution < 1.29 is 9.13 Å². The zero-order valence-corrected chi connectivity index (χ0v) is 16.0. The van der Waals surface area contributed by atoms with Crippen LogP contribution in [0, 0.1) is 5.82 Å². The van der Waals surface area contributed by atoms with E-state index in [0.717, 1.165) is 11.1 Å². The number of halogens is 1. The molecule has 0 aliphatic heterocycles. The van der Waals surface area contributed by atoms with Gasteiger partial charge >= 0.3 is 0 Å². The summed E-state index contributed by atoms with van der Waals surface area (Å²) in [6.45, 7) is 2.05. The highest BCUT2D eigenvalue weighted by molar-refractivity contribution is 5.82. The number of nitrogens with zero attached hydrogens (tertiary/aromatic N) is 4. The highest BCUT2D eigenvalue weighted by atomic mass is 19.1. The van der Waals surface area contributed by atoms with Crippen LogP contribution in [0.25, 0.3) is 22.5 Å². The van der Waals surface area contributed by atoms with Crippen LogP contribution < -0.4 is 4.74 Å². The minimum absolute atomic E-state index is 0.0852. The number of aryl methyl sites for hydroxylation is 1. The summed E-state index contributed by atoms with van der Waals surface area (Å²) in [5, 5.41) is 4.27. The van der Waals surface area contributed by atoms with Gasteiger partial charge in [0, 0.05) is 24.4 Å². The molecule has 0 spiro atoms. The minimum atomic E-state index is -0.350. The molecule has 4 aromatic rings. The Morgan fingerprint density at radius 3 is 2.54 bits per heavy atom. The molecule has 28 heavy (non-hydrogen) atoms. The molecule has 0 aliphatic carbocycles. The third-order valence-electron chi connectivity index (χ3n) is 4.90. The zero-order chi connectivity index (χ0) is 19.7. The fraction of sp³-hybridized carbons (Fsp3) is 0.182. The first-order valence-corrected chi connectivity index (χ1v) is 9.03. The molecule has 0 saturated heterocycles. The third kappa shape index (κ3) is 3.07. The van der Waals surface area contributed by atoms with Gasteiger partial charge in [-0.05, 0) is 19.1 Å². The summed E-state index contributed by atoms with van der Waals surface area (Å²) in [7, 11) is 3.42. The number of methoxy groups -OCH3 is 1. The fourth-order valence-electron chi connectivity index (χ4n) is 3.43. The van der Waals surface area contributed by atoms with Gasteiger partial charge in [0.1, 0.15) is 11.6 Å². The van der Waals surface area contributed by atoms with Gasteiger partial charge < -0.3 is 9.30 Å². The summed E-state index contributed by atoms with van der Waals surface area (Å²) in [6, 6.07) is 14.5. The molecule has 1 atom stereocenters. The van der Waals surface area contributed by atoms with E-state index in [1.165, 1.54) is 6.07 Å². The molecule has 1 unspecified atom stereocenters. The zero-order valence-electron chi connectivity index (χ0n) is 16.0. The molecule has 2 aromatic heterocycles. The second-order valence-electron chi connectivity index (χ2n) is 6.66. The summed E-state index contributed by atoms with van der Waals surface area (Å²) in [4.78, 5) is 4.65. The van der Waals surface area contributed by atoms with Crippen LogP contribution in [-0.2, 0) is 7.05 Å². The largest absolute Gasteiger partial charge is 0.496 e. The van der Waals surface area contributed by atoms with Crippen LogP contribution in [0.5, 0.6) is 5.75 Å². The topological polar surface area (TPSA) is 44.9 Å². The Hall–Kier alpha value is -3.41. The Bertz CT molecular complexity index is 1100. The lowest BCUT2D eigenvalue weighted by Gasteiger charge is -2.18. The minimum Gasteiger partial charge on any atom is -0.496 e. The number of rotatable bonds is 5. The molecule has 5 nitrogen and oxygen atoms in total.